The summed E-state index contributed by atoms with van der Waals surface area (Å²) >= 11 is 0. The van der Waals surface area contributed by atoms with Crippen LogP contribution < -0.4 is 20.6 Å². The zero-order chi connectivity index (χ0) is 34.4. The van der Waals surface area contributed by atoms with E-state index in [1.165, 1.54) is 77.7 Å². The van der Waals surface area contributed by atoms with Crippen LogP contribution in [0.3, 0.4) is 0 Å². The highest BCUT2D eigenvalue weighted by Gasteiger charge is 2.48. The van der Waals surface area contributed by atoms with E-state index in [1.54, 1.807) is 0 Å². The Labute approximate surface area is 305 Å². The quantitative estimate of drug-likeness (QED) is 0.171. The molecule has 0 spiro atoms. The molecule has 0 fully saturated rings. The van der Waals surface area contributed by atoms with Gasteiger partial charge >= 0.3 is 6.85 Å². The third kappa shape index (κ3) is 3.47. The number of furan rings is 1. The number of aromatic nitrogens is 1. The van der Waals surface area contributed by atoms with Gasteiger partial charge in [-0.3, -0.25) is 0 Å². The minimum absolute atomic E-state index is 0.0311. The molecule has 3 aliphatic heterocycles. The smallest absolute Gasteiger partial charge is 0.333 e. The summed E-state index contributed by atoms with van der Waals surface area (Å²) in [6, 6.07) is 62.3. The molecule has 5 heterocycles. The molecule has 4 nitrogen and oxygen atoms in total. The van der Waals surface area contributed by atoms with Crippen molar-refractivity contribution in [3.05, 3.63) is 170 Å². The van der Waals surface area contributed by atoms with Crippen LogP contribution in [0, 0.1) is 0 Å². The first kappa shape index (κ1) is 27.7. The average Bonchev–Trinajstić information content (AvgIpc) is 3.76. The molecule has 244 valence electrons. The van der Waals surface area contributed by atoms with Gasteiger partial charge in [-0.1, -0.05) is 97.1 Å². The lowest BCUT2D eigenvalue weighted by molar-refractivity contribution is 0.669. The van der Waals surface area contributed by atoms with Crippen molar-refractivity contribution in [3.8, 4) is 27.9 Å². The van der Waals surface area contributed by atoms with Crippen LogP contribution in [-0.2, 0) is 0 Å². The summed E-state index contributed by atoms with van der Waals surface area (Å²) < 4.78 is 8.72. The van der Waals surface area contributed by atoms with E-state index in [0.717, 1.165) is 33.3 Å². The molecule has 0 radical (unpaired) electrons. The summed E-state index contributed by atoms with van der Waals surface area (Å²) in [6.07, 6.45) is 0. The third-order valence-corrected chi connectivity index (χ3v) is 11.9. The largest absolute Gasteiger partial charge is 0.456 e. The summed E-state index contributed by atoms with van der Waals surface area (Å²) in [5.74, 6) is 0. The fraction of sp³-hybridized carbons (Fsp3) is 0. The number of hydrogen-bond acceptors (Lipinski definition) is 3. The third-order valence-electron chi connectivity index (χ3n) is 11.9. The average molecular weight is 674 g/mol. The molecular formula is C48H28BN3O. The summed E-state index contributed by atoms with van der Waals surface area (Å²) in [5, 5.41) is 4.80. The highest BCUT2D eigenvalue weighted by molar-refractivity contribution is 6.95. The highest BCUT2D eigenvalue weighted by atomic mass is 16.3. The molecule has 0 saturated carbocycles. The van der Waals surface area contributed by atoms with Gasteiger partial charge < -0.3 is 18.7 Å². The molecule has 0 amide bonds. The van der Waals surface area contributed by atoms with Crippen LogP contribution >= 0.6 is 0 Å². The first-order chi connectivity index (χ1) is 26.3. The Morgan fingerprint density at radius 3 is 1.72 bits per heavy atom. The normalized spacial score (nSPS) is 13.5. The molecule has 13 rings (SSSR count). The van der Waals surface area contributed by atoms with Gasteiger partial charge in [-0.15, -0.1) is 0 Å². The predicted molar refractivity (Wildman–Crippen MR) is 221 cm³/mol. The summed E-state index contributed by atoms with van der Waals surface area (Å²) in [6.45, 7) is 0.0311. The predicted octanol–water partition coefficient (Wildman–Crippen LogP) is 11.4. The second-order valence-corrected chi connectivity index (χ2v) is 14.5. The number of rotatable bonds is 2. The topological polar surface area (TPSA) is 24.6 Å². The molecule has 2 aromatic heterocycles. The Bertz CT molecular complexity index is 3170. The van der Waals surface area contributed by atoms with Gasteiger partial charge in [0.1, 0.15) is 11.2 Å². The van der Waals surface area contributed by atoms with Crippen molar-refractivity contribution in [2.24, 2.45) is 0 Å². The van der Waals surface area contributed by atoms with Crippen LogP contribution in [-0.4, -0.2) is 11.4 Å². The molecular weight excluding hydrogens is 645 g/mol. The molecule has 0 unspecified atom stereocenters. The number of anilines is 5. The van der Waals surface area contributed by atoms with Gasteiger partial charge in [-0.2, -0.15) is 0 Å². The first-order valence-electron chi connectivity index (χ1n) is 18.3. The second-order valence-electron chi connectivity index (χ2n) is 14.5. The summed E-state index contributed by atoms with van der Waals surface area (Å²) in [4.78, 5) is 5.10. The van der Waals surface area contributed by atoms with Gasteiger partial charge in [-0.05, 0) is 94.8 Å². The molecule has 0 saturated heterocycles. The lowest BCUT2D eigenvalue weighted by Crippen LogP contribution is -2.63. The Morgan fingerprint density at radius 2 is 0.943 bits per heavy atom. The minimum atomic E-state index is 0.0311. The molecule has 0 bridgehead atoms. The molecule has 3 aliphatic rings. The SMILES string of the molecule is c1ccc2c(c1)-c1cccc3c1B1c4c(cccc4N3c3ccc4oc5ccccc5c4c3)-c3cc(-n4c5ccccc5c5ccccc54)ccc3N12. The Morgan fingerprint density at radius 1 is 0.377 bits per heavy atom. The molecule has 8 aromatic carbocycles. The number of nitrogens with zero attached hydrogens (tertiary/aromatic N) is 3. The monoisotopic (exact) mass is 673 g/mol. The maximum absolute atomic E-state index is 6.28. The van der Waals surface area contributed by atoms with Crippen LogP contribution in [0.15, 0.2) is 174 Å². The molecule has 0 N–H and O–H groups in total. The van der Waals surface area contributed by atoms with Crippen LogP contribution in [0.25, 0.3) is 71.7 Å². The second kappa shape index (κ2) is 9.87. The van der Waals surface area contributed by atoms with Crippen LogP contribution in [0.4, 0.5) is 28.4 Å². The van der Waals surface area contributed by atoms with Gasteiger partial charge in [0.2, 0.25) is 0 Å². The van der Waals surface area contributed by atoms with Crippen molar-refractivity contribution in [1.29, 1.82) is 0 Å². The molecule has 0 aliphatic carbocycles. The lowest BCUT2D eigenvalue weighted by atomic mass is 9.41. The van der Waals surface area contributed by atoms with Crippen molar-refractivity contribution in [2.45, 2.75) is 0 Å². The van der Waals surface area contributed by atoms with Crippen molar-refractivity contribution in [1.82, 2.24) is 4.57 Å². The van der Waals surface area contributed by atoms with E-state index in [-0.39, 0.29) is 6.85 Å². The van der Waals surface area contributed by atoms with Crippen molar-refractivity contribution in [2.75, 3.05) is 9.71 Å². The fourth-order valence-electron chi connectivity index (χ4n) is 9.81. The Kier molecular flexibility index (Phi) is 5.16. The van der Waals surface area contributed by atoms with E-state index < -0.39 is 0 Å². The molecule has 10 aromatic rings. The Hall–Kier alpha value is -6.98. The van der Waals surface area contributed by atoms with Crippen LogP contribution in [0.5, 0.6) is 0 Å². The van der Waals surface area contributed by atoms with Gasteiger partial charge in [0.25, 0.3) is 0 Å². The highest BCUT2D eigenvalue weighted by Crippen LogP contribution is 2.52. The van der Waals surface area contributed by atoms with Crippen molar-refractivity contribution in [3.63, 3.8) is 0 Å². The van der Waals surface area contributed by atoms with Crippen LogP contribution in [0.1, 0.15) is 0 Å². The maximum atomic E-state index is 6.28. The van der Waals surface area contributed by atoms with E-state index in [1.807, 2.05) is 6.07 Å². The summed E-state index contributed by atoms with van der Waals surface area (Å²) in [7, 11) is 0. The van der Waals surface area contributed by atoms with Crippen molar-refractivity contribution >= 4 is 90.0 Å². The van der Waals surface area contributed by atoms with E-state index in [9.17, 15) is 0 Å². The van der Waals surface area contributed by atoms with Gasteiger partial charge in [0.15, 0.2) is 0 Å². The van der Waals surface area contributed by atoms with Crippen LogP contribution in [0.2, 0.25) is 0 Å². The number of hydrogen-bond donors (Lipinski definition) is 0. The van der Waals surface area contributed by atoms with Crippen molar-refractivity contribution < 1.29 is 4.42 Å². The van der Waals surface area contributed by atoms with Gasteiger partial charge in [0.05, 0.1) is 11.0 Å². The number of fused-ring (bicyclic) bond motifs is 12. The first-order valence-corrected chi connectivity index (χ1v) is 18.3. The fourth-order valence-corrected chi connectivity index (χ4v) is 9.81. The summed E-state index contributed by atoms with van der Waals surface area (Å²) in [5.41, 5.74) is 19.2. The standard InChI is InChI=1S/C48H28BN3O/c1-5-17-39-31(11-1)32-12-2-6-18-40(32)50(39)29-23-25-42-37(27-29)36-16-10-21-44-48(36)49-47-35(33-13-3-7-19-41(33)52(42)49)15-9-20-43(47)51(44)30-24-26-46-38(28-30)34-14-4-8-22-45(34)53-46/h1-28H. The minimum Gasteiger partial charge on any atom is -0.456 e. The van der Waals surface area contributed by atoms with Gasteiger partial charge in [0, 0.05) is 66.8 Å². The van der Waals surface area contributed by atoms with E-state index in [4.69, 9.17) is 4.42 Å². The molecule has 0 atom stereocenters. The van der Waals surface area contributed by atoms with Gasteiger partial charge in [-0.25, -0.2) is 0 Å². The maximum Gasteiger partial charge on any atom is 0.333 e. The number of benzene rings is 8. The zero-order valence-corrected chi connectivity index (χ0v) is 28.5. The molecule has 53 heavy (non-hydrogen) atoms. The lowest BCUT2D eigenvalue weighted by Gasteiger charge is -2.49. The van der Waals surface area contributed by atoms with E-state index >= 15 is 0 Å². The van der Waals surface area contributed by atoms with E-state index in [2.05, 4.69) is 178 Å². The van der Waals surface area contributed by atoms with E-state index in [0.29, 0.717) is 0 Å². The zero-order valence-electron chi connectivity index (χ0n) is 28.5. The Balaban J connectivity index is 1.12. The number of para-hydroxylation sites is 4. The molecule has 5 heteroatoms.